The van der Waals surface area contributed by atoms with Gasteiger partial charge < -0.3 is 14.4 Å². The zero-order chi connectivity index (χ0) is 21.8. The molecule has 2 aromatic carbocycles. The lowest BCUT2D eigenvalue weighted by atomic mass is 10.2. The smallest absolute Gasteiger partial charge is 0.411 e. The molecule has 31 heavy (non-hydrogen) atoms. The summed E-state index contributed by atoms with van der Waals surface area (Å²) < 4.78 is 23.5. The van der Waals surface area contributed by atoms with E-state index in [1.165, 1.54) is 4.90 Å². The SMILES string of the molecule is CCOC(=O)Nc1ccc2c(c1)N(C(=O)CC[NH+]1CCOCC1)c1ccccc1S2=O. The monoisotopic (exact) mass is 444 g/mol. The Morgan fingerprint density at radius 3 is 2.65 bits per heavy atom. The van der Waals surface area contributed by atoms with Crippen LogP contribution in [0.2, 0.25) is 0 Å². The third-order valence-electron chi connectivity index (χ3n) is 5.37. The van der Waals surface area contributed by atoms with Crippen molar-refractivity contribution in [1.82, 2.24) is 0 Å². The first-order chi connectivity index (χ1) is 15.1. The van der Waals surface area contributed by atoms with Gasteiger partial charge in [0.1, 0.15) is 13.1 Å². The summed E-state index contributed by atoms with van der Waals surface area (Å²) in [6.07, 6.45) is -0.223. The van der Waals surface area contributed by atoms with Gasteiger partial charge in [-0.15, -0.1) is 0 Å². The first kappa shape index (κ1) is 21.5. The maximum atomic E-state index is 13.4. The number of fused-ring (bicyclic) bond motifs is 2. The maximum Gasteiger partial charge on any atom is 0.411 e. The van der Waals surface area contributed by atoms with Crippen molar-refractivity contribution in [3.8, 4) is 0 Å². The zero-order valence-corrected chi connectivity index (χ0v) is 18.2. The molecule has 0 spiro atoms. The highest BCUT2D eigenvalue weighted by Gasteiger charge is 2.32. The van der Waals surface area contributed by atoms with E-state index >= 15 is 0 Å². The number of carbonyl (C=O) groups excluding carboxylic acids is 2. The van der Waals surface area contributed by atoms with Crippen LogP contribution in [0.5, 0.6) is 0 Å². The first-order valence-electron chi connectivity index (χ1n) is 10.4. The Kier molecular flexibility index (Phi) is 6.64. The molecule has 2 heterocycles. The molecule has 2 aliphatic heterocycles. The second-order valence-corrected chi connectivity index (χ2v) is 8.77. The molecule has 9 heteroatoms. The van der Waals surface area contributed by atoms with Gasteiger partial charge in [0.15, 0.2) is 0 Å². The van der Waals surface area contributed by atoms with Crippen LogP contribution < -0.4 is 15.1 Å². The fraction of sp³-hybridized carbons (Fsp3) is 0.364. The van der Waals surface area contributed by atoms with E-state index in [1.807, 2.05) is 12.1 Å². The molecule has 2 amide bonds. The number of anilines is 3. The van der Waals surface area contributed by atoms with E-state index in [0.29, 0.717) is 53.0 Å². The van der Waals surface area contributed by atoms with Crippen molar-refractivity contribution in [2.24, 2.45) is 0 Å². The van der Waals surface area contributed by atoms with Crippen molar-refractivity contribution >= 4 is 39.9 Å². The molecule has 0 saturated carbocycles. The van der Waals surface area contributed by atoms with E-state index in [9.17, 15) is 13.8 Å². The molecule has 2 N–H and O–H groups in total. The van der Waals surface area contributed by atoms with Gasteiger partial charge in [-0.1, -0.05) is 12.1 Å². The largest absolute Gasteiger partial charge is 0.450 e. The van der Waals surface area contributed by atoms with Gasteiger partial charge in [0, 0.05) is 5.69 Å². The van der Waals surface area contributed by atoms with Crippen molar-refractivity contribution in [3.63, 3.8) is 0 Å². The summed E-state index contributed by atoms with van der Waals surface area (Å²) >= 11 is 0. The normalized spacial score (nSPS) is 18.1. The third kappa shape index (κ3) is 4.63. The predicted octanol–water partition coefficient (Wildman–Crippen LogP) is 1.70. The standard InChI is InChI=1S/C22H25N3O5S/c1-2-30-22(27)23-16-7-8-20-18(15-16)25(17-5-3-4-6-19(17)31(20)28)21(26)9-10-24-11-13-29-14-12-24/h3-8,15H,2,9-14H2,1H3,(H,23,27)/p+1. The highest BCUT2D eigenvalue weighted by atomic mass is 32.2. The number of carbonyl (C=O) groups is 2. The molecule has 0 bridgehead atoms. The van der Waals surface area contributed by atoms with Crippen LogP contribution in [0.3, 0.4) is 0 Å². The molecular formula is C22H26N3O5S+. The van der Waals surface area contributed by atoms with Crippen molar-refractivity contribution in [2.45, 2.75) is 23.1 Å². The average Bonchev–Trinajstić information content (AvgIpc) is 2.78. The van der Waals surface area contributed by atoms with Crippen LogP contribution in [0.15, 0.2) is 52.3 Å². The Hall–Kier alpha value is -2.75. The number of hydrogen-bond donors (Lipinski definition) is 2. The summed E-state index contributed by atoms with van der Waals surface area (Å²) in [5.74, 6) is -0.0716. The number of quaternary nitrogens is 1. The number of amides is 2. The topological polar surface area (TPSA) is 89.4 Å². The molecule has 2 aromatic rings. The van der Waals surface area contributed by atoms with Gasteiger partial charge in [-0.3, -0.25) is 15.0 Å². The minimum atomic E-state index is -1.42. The Balaban J connectivity index is 1.65. The molecule has 8 nitrogen and oxygen atoms in total. The van der Waals surface area contributed by atoms with Crippen LogP contribution in [0.4, 0.5) is 21.9 Å². The van der Waals surface area contributed by atoms with Gasteiger partial charge in [0.05, 0.1) is 64.8 Å². The van der Waals surface area contributed by atoms with E-state index in [-0.39, 0.29) is 12.5 Å². The van der Waals surface area contributed by atoms with Gasteiger partial charge in [-0.05, 0) is 37.3 Å². The van der Waals surface area contributed by atoms with Gasteiger partial charge in [-0.2, -0.15) is 0 Å². The van der Waals surface area contributed by atoms with Crippen molar-refractivity contribution in [1.29, 1.82) is 0 Å². The molecule has 2 aliphatic rings. The van der Waals surface area contributed by atoms with Crippen molar-refractivity contribution in [2.75, 3.05) is 49.7 Å². The molecule has 1 unspecified atom stereocenters. The molecule has 1 fully saturated rings. The number of hydrogen-bond acceptors (Lipinski definition) is 5. The van der Waals surface area contributed by atoms with Gasteiger partial charge >= 0.3 is 6.09 Å². The summed E-state index contributed by atoms with van der Waals surface area (Å²) in [7, 11) is -1.42. The predicted molar refractivity (Wildman–Crippen MR) is 116 cm³/mol. The minimum absolute atomic E-state index is 0.0716. The zero-order valence-electron chi connectivity index (χ0n) is 17.4. The van der Waals surface area contributed by atoms with E-state index < -0.39 is 16.9 Å². The van der Waals surface area contributed by atoms with E-state index in [0.717, 1.165) is 13.1 Å². The van der Waals surface area contributed by atoms with Crippen molar-refractivity contribution in [3.05, 3.63) is 42.5 Å². The molecule has 1 saturated heterocycles. The number of rotatable bonds is 5. The Morgan fingerprint density at radius 1 is 1.13 bits per heavy atom. The quantitative estimate of drug-likeness (QED) is 0.733. The van der Waals surface area contributed by atoms with Gasteiger partial charge in [-0.25, -0.2) is 9.00 Å². The lowest BCUT2D eigenvalue weighted by molar-refractivity contribution is -0.907. The highest BCUT2D eigenvalue weighted by Crippen LogP contribution is 2.43. The number of para-hydroxylation sites is 1. The second-order valence-electron chi connectivity index (χ2n) is 7.36. The molecule has 164 valence electrons. The van der Waals surface area contributed by atoms with Crippen molar-refractivity contribution < 1.29 is 28.2 Å². The first-order valence-corrected chi connectivity index (χ1v) is 11.6. The number of morpholine rings is 1. The summed E-state index contributed by atoms with van der Waals surface area (Å²) in [5.41, 5.74) is 1.61. The average molecular weight is 445 g/mol. The molecule has 4 rings (SSSR count). The molecule has 1 atom stereocenters. The Morgan fingerprint density at radius 2 is 1.87 bits per heavy atom. The number of benzene rings is 2. The third-order valence-corrected chi connectivity index (χ3v) is 6.86. The minimum Gasteiger partial charge on any atom is -0.450 e. The van der Waals surface area contributed by atoms with E-state index in [4.69, 9.17) is 9.47 Å². The fourth-order valence-electron chi connectivity index (χ4n) is 3.83. The summed E-state index contributed by atoms with van der Waals surface area (Å²) in [5, 5.41) is 2.66. The summed E-state index contributed by atoms with van der Waals surface area (Å²) in [6.45, 7) is 5.88. The highest BCUT2D eigenvalue weighted by molar-refractivity contribution is 7.85. The van der Waals surface area contributed by atoms with E-state index in [2.05, 4.69) is 5.32 Å². The van der Waals surface area contributed by atoms with Gasteiger partial charge in [0.25, 0.3) is 0 Å². The fourth-order valence-corrected chi connectivity index (χ4v) is 5.15. The van der Waals surface area contributed by atoms with E-state index in [1.54, 1.807) is 42.2 Å². The Labute approximate surface area is 183 Å². The number of nitrogens with zero attached hydrogens (tertiary/aromatic N) is 1. The van der Waals surface area contributed by atoms with Crippen LogP contribution in [-0.2, 0) is 25.1 Å². The lowest BCUT2D eigenvalue weighted by Crippen LogP contribution is -3.14. The number of nitrogens with one attached hydrogen (secondary N) is 2. The van der Waals surface area contributed by atoms with Crippen LogP contribution in [0.25, 0.3) is 0 Å². The molecule has 0 aromatic heterocycles. The van der Waals surface area contributed by atoms with Crippen LogP contribution >= 0.6 is 0 Å². The summed E-state index contributed by atoms with van der Waals surface area (Å²) in [4.78, 5) is 29.3. The van der Waals surface area contributed by atoms with Crippen LogP contribution in [-0.4, -0.2) is 55.7 Å². The lowest BCUT2D eigenvalue weighted by Gasteiger charge is -2.32. The molecular weight excluding hydrogens is 418 g/mol. The van der Waals surface area contributed by atoms with Crippen LogP contribution in [0.1, 0.15) is 13.3 Å². The maximum absolute atomic E-state index is 13.4. The summed E-state index contributed by atoms with van der Waals surface area (Å²) in [6, 6.07) is 12.3. The second kappa shape index (κ2) is 9.59. The molecule has 0 aliphatic carbocycles. The molecule has 0 radical (unpaired) electrons. The Bertz CT molecular complexity index is 1010. The number of ether oxygens (including phenoxy) is 2. The van der Waals surface area contributed by atoms with Crippen LogP contribution in [0, 0.1) is 0 Å². The van der Waals surface area contributed by atoms with Gasteiger partial charge in [0.2, 0.25) is 5.91 Å².